The van der Waals surface area contributed by atoms with Crippen molar-refractivity contribution in [3.63, 3.8) is 0 Å². The molecule has 1 atom stereocenters. The Kier molecular flexibility index (Phi) is 3.96. The number of sulfonamides is 1. The van der Waals surface area contributed by atoms with Gasteiger partial charge in [-0.1, -0.05) is 0 Å². The second-order valence-electron chi connectivity index (χ2n) is 5.46. The summed E-state index contributed by atoms with van der Waals surface area (Å²) in [6.45, 7) is 3.93. The van der Waals surface area contributed by atoms with Gasteiger partial charge in [0.1, 0.15) is 0 Å². The Hall–Kier alpha value is -0.620. The summed E-state index contributed by atoms with van der Waals surface area (Å²) in [6, 6.07) is 0.352. The van der Waals surface area contributed by atoms with Crippen molar-refractivity contribution < 1.29 is 13.2 Å². The molecule has 5 nitrogen and oxygen atoms in total. The summed E-state index contributed by atoms with van der Waals surface area (Å²) in [4.78, 5) is 14.3. The predicted molar refractivity (Wildman–Crippen MR) is 69.5 cm³/mol. The number of rotatable bonds is 2. The molecule has 6 heteroatoms. The van der Waals surface area contributed by atoms with Crippen molar-refractivity contribution in [1.29, 1.82) is 0 Å². The molecule has 18 heavy (non-hydrogen) atoms. The van der Waals surface area contributed by atoms with E-state index in [2.05, 4.69) is 6.92 Å². The van der Waals surface area contributed by atoms with E-state index in [4.69, 9.17) is 0 Å². The molecule has 2 aliphatic heterocycles. The number of carbonyl (C=O) groups is 1. The van der Waals surface area contributed by atoms with E-state index < -0.39 is 10.0 Å². The maximum atomic E-state index is 12.3. The van der Waals surface area contributed by atoms with Crippen LogP contribution in [-0.4, -0.2) is 55.5 Å². The number of carbonyl (C=O) groups excluding carboxylic acids is 1. The number of nitrogens with zero attached hydrogens (tertiary/aromatic N) is 2. The first-order valence-electron chi connectivity index (χ1n) is 6.65. The average molecular weight is 274 g/mol. The Morgan fingerprint density at radius 2 is 1.72 bits per heavy atom. The standard InChI is InChI=1S/C12H22N2O3S/c1-10-4-3-7-14(10)12(15)11-5-8-13(9-6-11)18(2,16)17/h10-11H,3-9H2,1-2H3. The van der Waals surface area contributed by atoms with Crippen molar-refractivity contribution in [3.8, 4) is 0 Å². The summed E-state index contributed by atoms with van der Waals surface area (Å²) in [5.74, 6) is 0.247. The molecule has 104 valence electrons. The highest BCUT2D eigenvalue weighted by atomic mass is 32.2. The molecule has 2 heterocycles. The van der Waals surface area contributed by atoms with E-state index in [0.29, 0.717) is 32.0 Å². The summed E-state index contributed by atoms with van der Waals surface area (Å²) < 4.78 is 24.3. The van der Waals surface area contributed by atoms with Gasteiger partial charge in [-0.2, -0.15) is 0 Å². The molecule has 2 aliphatic rings. The van der Waals surface area contributed by atoms with Gasteiger partial charge in [-0.15, -0.1) is 0 Å². The molecule has 0 aromatic carbocycles. The van der Waals surface area contributed by atoms with Crippen molar-refractivity contribution >= 4 is 15.9 Å². The van der Waals surface area contributed by atoms with E-state index in [1.54, 1.807) is 0 Å². The zero-order valence-corrected chi connectivity index (χ0v) is 11.9. The number of hydrogen-bond acceptors (Lipinski definition) is 3. The Balaban J connectivity index is 1.92. The lowest BCUT2D eigenvalue weighted by Crippen LogP contribution is -2.44. The second-order valence-corrected chi connectivity index (χ2v) is 7.44. The fourth-order valence-electron chi connectivity index (χ4n) is 2.93. The van der Waals surface area contributed by atoms with Crippen LogP contribution in [0, 0.1) is 5.92 Å². The molecule has 0 aromatic heterocycles. The van der Waals surface area contributed by atoms with Gasteiger partial charge in [0, 0.05) is 31.6 Å². The van der Waals surface area contributed by atoms with Gasteiger partial charge in [0.05, 0.1) is 6.26 Å². The van der Waals surface area contributed by atoms with Gasteiger partial charge in [-0.3, -0.25) is 4.79 Å². The first-order chi connectivity index (χ1) is 8.39. The highest BCUT2D eigenvalue weighted by molar-refractivity contribution is 7.88. The normalized spacial score (nSPS) is 27.7. The van der Waals surface area contributed by atoms with Gasteiger partial charge in [-0.05, 0) is 32.6 Å². The molecule has 0 N–H and O–H groups in total. The summed E-state index contributed by atoms with van der Waals surface area (Å²) >= 11 is 0. The lowest BCUT2D eigenvalue weighted by Gasteiger charge is -2.33. The average Bonchev–Trinajstić information content (AvgIpc) is 2.73. The number of piperidine rings is 1. The molecule has 2 saturated heterocycles. The van der Waals surface area contributed by atoms with Gasteiger partial charge >= 0.3 is 0 Å². The molecule has 0 aliphatic carbocycles. The predicted octanol–water partition coefficient (Wildman–Crippen LogP) is 0.669. The Morgan fingerprint density at radius 3 is 2.17 bits per heavy atom. The van der Waals surface area contributed by atoms with E-state index >= 15 is 0 Å². The van der Waals surface area contributed by atoms with Crippen LogP contribution in [0.2, 0.25) is 0 Å². The van der Waals surface area contributed by atoms with Crippen molar-refractivity contribution in [3.05, 3.63) is 0 Å². The lowest BCUT2D eigenvalue weighted by atomic mass is 9.96. The topological polar surface area (TPSA) is 57.7 Å². The van der Waals surface area contributed by atoms with Gasteiger partial charge in [-0.25, -0.2) is 12.7 Å². The summed E-state index contributed by atoms with van der Waals surface area (Å²) in [7, 11) is -3.10. The Bertz CT molecular complexity index is 413. The smallest absolute Gasteiger partial charge is 0.226 e. The van der Waals surface area contributed by atoms with Gasteiger partial charge in [0.25, 0.3) is 0 Å². The van der Waals surface area contributed by atoms with E-state index in [9.17, 15) is 13.2 Å². The highest BCUT2D eigenvalue weighted by Crippen LogP contribution is 2.25. The summed E-state index contributed by atoms with van der Waals surface area (Å²) in [5, 5.41) is 0. The number of likely N-dealkylation sites (tertiary alicyclic amines) is 1. The molecule has 2 rings (SSSR count). The van der Waals surface area contributed by atoms with Crippen LogP contribution >= 0.6 is 0 Å². The third-order valence-electron chi connectivity index (χ3n) is 4.11. The summed E-state index contributed by atoms with van der Waals surface area (Å²) in [6.07, 6.45) is 4.74. The minimum Gasteiger partial charge on any atom is -0.340 e. The van der Waals surface area contributed by atoms with Crippen LogP contribution in [0.5, 0.6) is 0 Å². The molecular formula is C12H22N2O3S. The van der Waals surface area contributed by atoms with Crippen LogP contribution < -0.4 is 0 Å². The van der Waals surface area contributed by atoms with Crippen LogP contribution in [0.15, 0.2) is 0 Å². The lowest BCUT2D eigenvalue weighted by molar-refractivity contribution is -0.137. The molecular weight excluding hydrogens is 252 g/mol. The third kappa shape index (κ3) is 2.85. The Labute approximate surface area is 109 Å². The van der Waals surface area contributed by atoms with Crippen LogP contribution in [0.25, 0.3) is 0 Å². The molecule has 2 fully saturated rings. The first kappa shape index (κ1) is 13.8. The Morgan fingerprint density at radius 1 is 1.11 bits per heavy atom. The fourth-order valence-corrected chi connectivity index (χ4v) is 3.80. The van der Waals surface area contributed by atoms with Crippen molar-refractivity contribution in [1.82, 2.24) is 9.21 Å². The van der Waals surface area contributed by atoms with E-state index in [-0.39, 0.29) is 11.8 Å². The fraction of sp³-hybridized carbons (Fsp3) is 0.917. The molecule has 1 unspecified atom stereocenters. The van der Waals surface area contributed by atoms with Crippen LogP contribution in [0.3, 0.4) is 0 Å². The largest absolute Gasteiger partial charge is 0.340 e. The molecule has 0 aromatic rings. The minimum absolute atomic E-state index is 0.0172. The number of hydrogen-bond donors (Lipinski definition) is 0. The molecule has 0 bridgehead atoms. The van der Waals surface area contributed by atoms with Crippen molar-refractivity contribution in [2.24, 2.45) is 5.92 Å². The molecule has 0 saturated carbocycles. The third-order valence-corrected chi connectivity index (χ3v) is 5.41. The molecule has 0 spiro atoms. The summed E-state index contributed by atoms with van der Waals surface area (Å²) in [5.41, 5.74) is 0. The monoisotopic (exact) mass is 274 g/mol. The van der Waals surface area contributed by atoms with Gasteiger partial charge < -0.3 is 4.90 Å². The number of amides is 1. The van der Waals surface area contributed by atoms with Gasteiger partial charge in [0.15, 0.2) is 0 Å². The second kappa shape index (κ2) is 5.17. The maximum absolute atomic E-state index is 12.3. The quantitative estimate of drug-likeness (QED) is 0.743. The zero-order valence-electron chi connectivity index (χ0n) is 11.1. The van der Waals surface area contributed by atoms with E-state index in [0.717, 1.165) is 19.4 Å². The van der Waals surface area contributed by atoms with E-state index in [1.165, 1.54) is 10.6 Å². The van der Waals surface area contributed by atoms with Crippen molar-refractivity contribution in [2.75, 3.05) is 25.9 Å². The minimum atomic E-state index is -3.10. The first-order valence-corrected chi connectivity index (χ1v) is 8.50. The van der Waals surface area contributed by atoms with Crippen molar-refractivity contribution in [2.45, 2.75) is 38.6 Å². The maximum Gasteiger partial charge on any atom is 0.226 e. The highest BCUT2D eigenvalue weighted by Gasteiger charge is 2.34. The van der Waals surface area contributed by atoms with E-state index in [1.807, 2.05) is 4.90 Å². The van der Waals surface area contributed by atoms with Gasteiger partial charge in [0.2, 0.25) is 15.9 Å². The molecule has 0 radical (unpaired) electrons. The van der Waals surface area contributed by atoms with Crippen LogP contribution in [-0.2, 0) is 14.8 Å². The zero-order chi connectivity index (χ0) is 13.3. The SMILES string of the molecule is CC1CCCN1C(=O)C1CCN(S(C)(=O)=O)CC1. The van der Waals surface area contributed by atoms with Crippen LogP contribution in [0.4, 0.5) is 0 Å². The van der Waals surface area contributed by atoms with Crippen LogP contribution in [0.1, 0.15) is 32.6 Å². The molecule has 1 amide bonds.